The zero-order chi connectivity index (χ0) is 35.8. The van der Waals surface area contributed by atoms with Crippen LogP contribution in [-0.2, 0) is 46.5 Å². The smallest absolute Gasteiger partial charge is 0.410 e. The second-order valence-corrected chi connectivity index (χ2v) is 13.9. The molecule has 6 amide bonds. The summed E-state index contributed by atoms with van der Waals surface area (Å²) in [5.41, 5.74) is 2.18. The minimum atomic E-state index is -1.15. The number of fused-ring (bicyclic) bond motifs is 1. The molecule has 1 saturated heterocycles. The molecule has 4 N–H and O–H groups in total. The van der Waals surface area contributed by atoms with Crippen molar-refractivity contribution in [1.29, 1.82) is 0 Å². The highest BCUT2D eigenvalue weighted by Gasteiger charge is 2.46. The van der Waals surface area contributed by atoms with Crippen LogP contribution in [0.25, 0.3) is 0 Å². The summed E-state index contributed by atoms with van der Waals surface area (Å²) < 4.78 is 5.88. The number of amides is 6. The topological polar surface area (TPSA) is 183 Å². The largest absolute Gasteiger partial charge is 0.444 e. The van der Waals surface area contributed by atoms with E-state index < -0.39 is 71.7 Å². The maximum Gasteiger partial charge on any atom is 0.410 e. The fourth-order valence-corrected chi connectivity index (χ4v) is 6.29. The van der Waals surface area contributed by atoms with E-state index in [2.05, 4.69) is 21.3 Å². The molecule has 1 aromatic carbocycles. The second-order valence-electron chi connectivity index (χ2n) is 13.9. The Labute approximate surface area is 287 Å². The molecule has 14 heteroatoms. The average molecular weight is 683 g/mol. The van der Waals surface area contributed by atoms with Gasteiger partial charge in [-0.1, -0.05) is 65.3 Å². The highest BCUT2D eigenvalue weighted by molar-refractivity contribution is 6.38. The van der Waals surface area contributed by atoms with E-state index in [9.17, 15) is 33.6 Å². The van der Waals surface area contributed by atoms with Crippen molar-refractivity contribution in [2.24, 2.45) is 11.8 Å². The number of Topliss-reactive ketones (excluding diaryl/α,β-unsaturated/α-hetero) is 1. The van der Waals surface area contributed by atoms with Crippen molar-refractivity contribution in [3.63, 3.8) is 0 Å². The highest BCUT2D eigenvalue weighted by atomic mass is 16.6. The number of rotatable bonds is 15. The van der Waals surface area contributed by atoms with Gasteiger partial charge in [0.25, 0.3) is 5.91 Å². The van der Waals surface area contributed by atoms with E-state index in [1.54, 1.807) is 32.6 Å². The zero-order valence-corrected chi connectivity index (χ0v) is 29.0. The summed E-state index contributed by atoms with van der Waals surface area (Å²) in [5.74, 6) is -4.01. The van der Waals surface area contributed by atoms with E-state index in [0.29, 0.717) is 32.3 Å². The van der Waals surface area contributed by atoms with Crippen molar-refractivity contribution >= 4 is 41.9 Å². The Morgan fingerprint density at radius 2 is 1.63 bits per heavy atom. The fourth-order valence-electron chi connectivity index (χ4n) is 6.29. The molecule has 3 aliphatic rings. The molecule has 0 radical (unpaired) electrons. The van der Waals surface area contributed by atoms with Crippen molar-refractivity contribution < 1.29 is 38.3 Å². The lowest BCUT2D eigenvalue weighted by atomic mass is 9.99. The predicted octanol–water partition coefficient (Wildman–Crippen LogP) is 1.19. The number of ketones is 1. The lowest BCUT2D eigenvalue weighted by Crippen LogP contribution is -2.59. The number of hydrogen-bond donors (Lipinski definition) is 4. The molecule has 1 aliphatic carbocycles. The van der Waals surface area contributed by atoms with Gasteiger partial charge in [-0.3, -0.25) is 28.8 Å². The summed E-state index contributed by atoms with van der Waals surface area (Å²) >= 11 is 0. The van der Waals surface area contributed by atoms with Gasteiger partial charge in [0.1, 0.15) is 24.2 Å². The lowest BCUT2D eigenvalue weighted by Gasteiger charge is -2.32. The number of likely N-dealkylation sites (tertiary alicyclic amines) is 1. The average Bonchev–Trinajstić information content (AvgIpc) is 3.79. The molecule has 2 aliphatic heterocycles. The quantitative estimate of drug-likeness (QED) is 0.157. The van der Waals surface area contributed by atoms with Crippen LogP contribution in [0.4, 0.5) is 4.79 Å². The number of hydrogen-bond acceptors (Lipinski definition) is 8. The first-order valence-corrected chi connectivity index (χ1v) is 17.3. The molecular weight excluding hydrogens is 632 g/mol. The minimum Gasteiger partial charge on any atom is -0.444 e. The Hall–Kier alpha value is -4.49. The van der Waals surface area contributed by atoms with E-state index in [1.807, 2.05) is 31.2 Å². The molecule has 0 bridgehead atoms. The van der Waals surface area contributed by atoms with E-state index in [4.69, 9.17) is 4.74 Å². The van der Waals surface area contributed by atoms with E-state index in [-0.39, 0.29) is 31.3 Å². The number of nitrogens with one attached hydrogen (secondary N) is 4. The summed E-state index contributed by atoms with van der Waals surface area (Å²) in [6.45, 7) is 9.51. The molecule has 2 heterocycles. The maximum absolute atomic E-state index is 14.2. The number of nitrogens with zero attached hydrogens (tertiary/aromatic N) is 2. The van der Waals surface area contributed by atoms with Crippen LogP contribution in [0.5, 0.6) is 0 Å². The number of benzene rings is 1. The van der Waals surface area contributed by atoms with Gasteiger partial charge >= 0.3 is 6.09 Å². The Morgan fingerprint density at radius 3 is 2.24 bits per heavy atom. The van der Waals surface area contributed by atoms with Gasteiger partial charge in [-0.2, -0.15) is 0 Å². The maximum atomic E-state index is 14.2. The van der Waals surface area contributed by atoms with Crippen molar-refractivity contribution in [1.82, 2.24) is 31.1 Å². The van der Waals surface area contributed by atoms with Gasteiger partial charge in [-0.25, -0.2) is 4.79 Å². The zero-order valence-electron chi connectivity index (χ0n) is 29.0. The van der Waals surface area contributed by atoms with E-state index in [1.165, 1.54) is 4.90 Å². The molecule has 0 spiro atoms. The minimum absolute atomic E-state index is 0.0404. The molecule has 14 nitrogen and oxygen atoms in total. The molecule has 268 valence electrons. The first-order valence-electron chi connectivity index (χ1n) is 17.3. The van der Waals surface area contributed by atoms with Crippen molar-refractivity contribution in [2.45, 2.75) is 116 Å². The summed E-state index contributed by atoms with van der Waals surface area (Å²) in [6, 6.07) is 3.57. The molecule has 1 unspecified atom stereocenters. The Kier molecular flexibility index (Phi) is 12.8. The molecule has 1 aromatic rings. The number of carbonyl (C=O) groups is 7. The third kappa shape index (κ3) is 9.57. The first-order chi connectivity index (χ1) is 23.3. The van der Waals surface area contributed by atoms with Crippen LogP contribution in [0.2, 0.25) is 0 Å². The van der Waals surface area contributed by atoms with Gasteiger partial charge in [0, 0.05) is 25.6 Å². The third-order valence-electron chi connectivity index (χ3n) is 9.28. The van der Waals surface area contributed by atoms with Gasteiger partial charge in [0.05, 0.1) is 12.6 Å². The molecule has 5 atom stereocenters. The van der Waals surface area contributed by atoms with Crippen LogP contribution >= 0.6 is 0 Å². The first kappa shape index (κ1) is 37.3. The molecule has 1 saturated carbocycles. The van der Waals surface area contributed by atoms with Gasteiger partial charge in [-0.05, 0) is 48.6 Å². The van der Waals surface area contributed by atoms with Gasteiger partial charge in [0.15, 0.2) is 0 Å². The monoisotopic (exact) mass is 682 g/mol. The molecule has 0 aromatic heterocycles. The van der Waals surface area contributed by atoms with Crippen molar-refractivity contribution in [3.8, 4) is 0 Å². The van der Waals surface area contributed by atoms with Crippen LogP contribution in [0.15, 0.2) is 24.3 Å². The fraction of sp³-hybridized carbons (Fsp3) is 0.629. The SMILES string of the molecule is CCCC(NC(=O)[C@@H]1C[C@@H](OC(=O)N2CCc3ccccc3C2)CN1C(=O)[C@@H](NC(=O)[C@H](NC=O)C(C)C)C(C)C)C(=O)C(=O)NC1CC1. The van der Waals surface area contributed by atoms with Gasteiger partial charge in [-0.15, -0.1) is 0 Å². The predicted molar refractivity (Wildman–Crippen MR) is 179 cm³/mol. The van der Waals surface area contributed by atoms with Crippen LogP contribution < -0.4 is 21.3 Å². The summed E-state index contributed by atoms with van der Waals surface area (Å²) in [6.07, 6.45) is 1.93. The van der Waals surface area contributed by atoms with Crippen molar-refractivity contribution in [3.05, 3.63) is 35.4 Å². The summed E-state index contributed by atoms with van der Waals surface area (Å²) in [5, 5.41) is 10.6. The summed E-state index contributed by atoms with van der Waals surface area (Å²) in [7, 11) is 0. The lowest BCUT2D eigenvalue weighted by molar-refractivity contribution is -0.144. The van der Waals surface area contributed by atoms with E-state index >= 15 is 0 Å². The number of ether oxygens (including phenoxy) is 1. The second kappa shape index (κ2) is 16.8. The van der Waals surface area contributed by atoms with Crippen molar-refractivity contribution in [2.75, 3.05) is 13.1 Å². The Bertz CT molecular complexity index is 1410. The van der Waals surface area contributed by atoms with Crippen LogP contribution in [0.1, 0.15) is 77.8 Å². The molecule has 4 rings (SSSR count). The Balaban J connectivity index is 1.54. The number of carbonyl (C=O) groups excluding carboxylic acids is 7. The highest BCUT2D eigenvalue weighted by Crippen LogP contribution is 2.26. The normalized spacial score (nSPS) is 20.5. The third-order valence-corrected chi connectivity index (χ3v) is 9.28. The molecular formula is C35H50N6O8. The van der Waals surface area contributed by atoms with Gasteiger partial charge in [0.2, 0.25) is 29.9 Å². The molecule has 2 fully saturated rings. The van der Waals surface area contributed by atoms with Crippen LogP contribution in [0, 0.1) is 11.8 Å². The molecule has 49 heavy (non-hydrogen) atoms. The van der Waals surface area contributed by atoms with E-state index in [0.717, 1.165) is 24.0 Å². The summed E-state index contributed by atoms with van der Waals surface area (Å²) in [4.78, 5) is 94.3. The van der Waals surface area contributed by atoms with Gasteiger partial charge < -0.3 is 35.8 Å². The van der Waals surface area contributed by atoms with Crippen LogP contribution in [-0.4, -0.2) is 101 Å². The Morgan fingerprint density at radius 1 is 0.959 bits per heavy atom. The van der Waals surface area contributed by atoms with Crippen LogP contribution in [0.3, 0.4) is 0 Å². The standard InChI is InChI=1S/C35H50N6O8/c1-6-9-26(30(43)33(46)37-24-12-13-24)38-31(44)27-16-25(49-35(48)40-15-14-22-10-7-8-11-23(22)17-40)18-41(27)34(47)29(21(4)5)39-32(45)28(20(2)3)36-19-42/h7-8,10-11,19-21,24-29H,6,9,12-18H2,1-5H3,(H,36,42)(H,37,46)(H,38,44)(H,39,45)/t25-,26?,27+,28-,29+/m1/s1.